The van der Waals surface area contributed by atoms with Crippen LogP contribution in [0, 0.1) is 12.8 Å². The number of aryl methyl sites for hydroxylation is 1. The Labute approximate surface area is 200 Å². The van der Waals surface area contributed by atoms with E-state index in [1.807, 2.05) is 6.07 Å². The molecule has 3 heteroatoms. The van der Waals surface area contributed by atoms with Gasteiger partial charge in [0.1, 0.15) is 0 Å². The van der Waals surface area contributed by atoms with Crippen LogP contribution in [0.4, 0.5) is 0 Å². The first-order chi connectivity index (χ1) is 16.2. The fourth-order valence-corrected chi connectivity index (χ4v) is 6.24. The summed E-state index contributed by atoms with van der Waals surface area (Å²) < 4.78 is 0. The highest BCUT2D eigenvalue weighted by Gasteiger charge is 2.44. The lowest BCUT2D eigenvalue weighted by Crippen LogP contribution is -2.52. The molecule has 1 fully saturated rings. The molecule has 0 N–H and O–H groups in total. The van der Waals surface area contributed by atoms with Crippen molar-refractivity contribution in [2.24, 2.45) is 5.92 Å². The summed E-state index contributed by atoms with van der Waals surface area (Å²) in [5.41, 5.74) is 4.58. The number of thiophene rings is 1. The molecular weight excluding hydrogens is 422 g/mol. The van der Waals surface area contributed by atoms with Gasteiger partial charge in [-0.3, -0.25) is 9.69 Å². The van der Waals surface area contributed by atoms with Crippen LogP contribution in [-0.4, -0.2) is 23.8 Å². The standard InChI is InChI=1S/C30H29NOS/c1-23-21-28(33-22-23)29(32)24-17-19-31(20-18-24)30(25-11-5-2-6-12-25,26-13-7-3-8-14-26)27-15-9-4-10-16-27/h2-16,21-22,24H,17-20H2,1H3. The van der Waals surface area contributed by atoms with Crippen molar-refractivity contribution >= 4 is 17.1 Å². The van der Waals surface area contributed by atoms with E-state index in [2.05, 4.69) is 108 Å². The Hall–Kier alpha value is -3.01. The van der Waals surface area contributed by atoms with Crippen LogP contribution in [0.5, 0.6) is 0 Å². The first-order valence-corrected chi connectivity index (χ1v) is 12.6. The van der Waals surface area contributed by atoms with Gasteiger partial charge in [-0.25, -0.2) is 0 Å². The predicted octanol–water partition coefficient (Wildman–Crippen LogP) is 6.94. The van der Waals surface area contributed by atoms with E-state index in [4.69, 9.17) is 0 Å². The number of ketones is 1. The molecule has 33 heavy (non-hydrogen) atoms. The molecule has 3 aromatic carbocycles. The van der Waals surface area contributed by atoms with Crippen molar-refractivity contribution in [3.05, 3.63) is 130 Å². The van der Waals surface area contributed by atoms with E-state index in [0.717, 1.165) is 30.8 Å². The van der Waals surface area contributed by atoms with Crippen molar-refractivity contribution in [1.29, 1.82) is 0 Å². The minimum atomic E-state index is -0.392. The second kappa shape index (κ2) is 9.46. The van der Waals surface area contributed by atoms with Crippen molar-refractivity contribution in [2.75, 3.05) is 13.1 Å². The van der Waals surface area contributed by atoms with Crippen molar-refractivity contribution in [3.63, 3.8) is 0 Å². The number of carbonyl (C=O) groups is 1. The molecule has 2 heterocycles. The Balaban J connectivity index is 1.55. The van der Waals surface area contributed by atoms with Crippen LogP contribution < -0.4 is 0 Å². The minimum Gasteiger partial charge on any atom is -0.293 e. The van der Waals surface area contributed by atoms with E-state index < -0.39 is 5.54 Å². The number of hydrogen-bond donors (Lipinski definition) is 0. The Kier molecular flexibility index (Phi) is 6.26. The topological polar surface area (TPSA) is 20.3 Å². The second-order valence-electron chi connectivity index (χ2n) is 8.92. The number of carbonyl (C=O) groups excluding carboxylic acids is 1. The molecule has 0 spiro atoms. The van der Waals surface area contributed by atoms with Crippen molar-refractivity contribution in [3.8, 4) is 0 Å². The zero-order chi connectivity index (χ0) is 22.7. The number of hydrogen-bond acceptors (Lipinski definition) is 3. The maximum atomic E-state index is 13.2. The number of likely N-dealkylation sites (tertiary alicyclic amines) is 1. The van der Waals surface area contributed by atoms with Crippen molar-refractivity contribution in [1.82, 2.24) is 4.90 Å². The summed E-state index contributed by atoms with van der Waals surface area (Å²) in [6.45, 7) is 3.81. The van der Waals surface area contributed by atoms with Crippen LogP contribution in [0.25, 0.3) is 0 Å². The van der Waals surface area contributed by atoms with E-state index in [-0.39, 0.29) is 5.92 Å². The Morgan fingerprint density at radius 1 is 0.788 bits per heavy atom. The molecule has 0 unspecified atom stereocenters. The molecule has 0 atom stereocenters. The average molecular weight is 452 g/mol. The van der Waals surface area contributed by atoms with E-state index in [1.165, 1.54) is 22.3 Å². The normalized spacial score (nSPS) is 15.4. The summed E-state index contributed by atoms with van der Waals surface area (Å²) in [6.07, 6.45) is 1.76. The largest absolute Gasteiger partial charge is 0.293 e. The van der Waals surface area contributed by atoms with Gasteiger partial charge in [-0.15, -0.1) is 11.3 Å². The highest BCUT2D eigenvalue weighted by Crippen LogP contribution is 2.44. The molecule has 1 aliphatic heterocycles. The lowest BCUT2D eigenvalue weighted by atomic mass is 9.74. The Bertz CT molecular complexity index is 1100. The molecule has 4 aromatic rings. The highest BCUT2D eigenvalue weighted by atomic mass is 32.1. The minimum absolute atomic E-state index is 0.0966. The molecule has 0 bridgehead atoms. The molecule has 1 saturated heterocycles. The van der Waals surface area contributed by atoms with Gasteiger partial charge in [-0.05, 0) is 53.5 Å². The van der Waals surface area contributed by atoms with Crippen LogP contribution in [0.3, 0.4) is 0 Å². The van der Waals surface area contributed by atoms with Crippen LogP contribution in [0.1, 0.15) is 44.8 Å². The van der Waals surface area contributed by atoms with E-state index in [9.17, 15) is 4.79 Å². The van der Waals surface area contributed by atoms with Gasteiger partial charge in [0.2, 0.25) is 0 Å². The van der Waals surface area contributed by atoms with Gasteiger partial charge in [-0.1, -0.05) is 91.0 Å². The third-order valence-electron chi connectivity index (χ3n) is 6.89. The number of Topliss-reactive ketones (excluding diaryl/α,β-unsaturated/α-hetero) is 1. The molecule has 0 saturated carbocycles. The number of piperidine rings is 1. The van der Waals surface area contributed by atoms with Gasteiger partial charge in [0, 0.05) is 19.0 Å². The Morgan fingerprint density at radius 2 is 1.24 bits per heavy atom. The third-order valence-corrected chi connectivity index (χ3v) is 7.95. The van der Waals surface area contributed by atoms with Crippen molar-refractivity contribution in [2.45, 2.75) is 25.3 Å². The van der Waals surface area contributed by atoms with Crippen LogP contribution in [0.2, 0.25) is 0 Å². The van der Waals surface area contributed by atoms with Gasteiger partial charge >= 0.3 is 0 Å². The van der Waals surface area contributed by atoms with Gasteiger partial charge in [-0.2, -0.15) is 0 Å². The summed E-state index contributed by atoms with van der Waals surface area (Å²) in [5.74, 6) is 0.414. The molecule has 1 aromatic heterocycles. The van der Waals surface area contributed by atoms with E-state index >= 15 is 0 Å². The molecular formula is C30H29NOS. The smallest absolute Gasteiger partial charge is 0.175 e. The maximum Gasteiger partial charge on any atom is 0.175 e. The van der Waals surface area contributed by atoms with Crippen LogP contribution >= 0.6 is 11.3 Å². The first-order valence-electron chi connectivity index (χ1n) is 11.7. The zero-order valence-corrected chi connectivity index (χ0v) is 19.8. The molecule has 166 valence electrons. The van der Waals surface area contributed by atoms with Gasteiger partial charge < -0.3 is 0 Å². The molecule has 2 nitrogen and oxygen atoms in total. The average Bonchev–Trinajstić information content (AvgIpc) is 3.33. The third kappa shape index (κ3) is 4.07. The maximum absolute atomic E-state index is 13.2. The monoisotopic (exact) mass is 451 g/mol. The summed E-state index contributed by atoms with van der Waals surface area (Å²) in [7, 11) is 0. The van der Waals surface area contributed by atoms with E-state index in [1.54, 1.807) is 11.3 Å². The molecule has 5 rings (SSSR count). The lowest BCUT2D eigenvalue weighted by molar-refractivity contribution is 0.0729. The fourth-order valence-electron chi connectivity index (χ4n) is 5.32. The van der Waals surface area contributed by atoms with Crippen LogP contribution in [-0.2, 0) is 5.54 Å². The Morgan fingerprint density at radius 3 is 1.64 bits per heavy atom. The first kappa shape index (κ1) is 21.8. The summed E-state index contributed by atoms with van der Waals surface area (Å²) in [6, 6.07) is 34.5. The fraction of sp³-hybridized carbons (Fsp3) is 0.233. The molecule has 0 radical (unpaired) electrons. The van der Waals surface area contributed by atoms with Crippen molar-refractivity contribution < 1.29 is 4.79 Å². The molecule has 0 aliphatic carbocycles. The number of nitrogens with zero attached hydrogens (tertiary/aromatic N) is 1. The summed E-state index contributed by atoms with van der Waals surface area (Å²) >= 11 is 1.59. The second-order valence-corrected chi connectivity index (χ2v) is 9.83. The van der Waals surface area contributed by atoms with Gasteiger partial charge in [0.05, 0.1) is 10.4 Å². The predicted molar refractivity (Wildman–Crippen MR) is 137 cm³/mol. The molecule has 1 aliphatic rings. The number of benzene rings is 3. The van der Waals surface area contributed by atoms with E-state index in [0.29, 0.717) is 5.78 Å². The highest BCUT2D eigenvalue weighted by molar-refractivity contribution is 7.12. The number of rotatable bonds is 6. The van der Waals surface area contributed by atoms with Crippen LogP contribution in [0.15, 0.2) is 102 Å². The lowest BCUT2D eigenvalue weighted by Gasteiger charge is -2.48. The van der Waals surface area contributed by atoms with Gasteiger partial charge in [0.25, 0.3) is 0 Å². The molecule has 0 amide bonds. The summed E-state index contributed by atoms with van der Waals surface area (Å²) in [4.78, 5) is 16.7. The zero-order valence-electron chi connectivity index (χ0n) is 19.0. The quantitative estimate of drug-likeness (QED) is 0.234. The SMILES string of the molecule is Cc1csc(C(=O)C2CCN(C(c3ccccc3)(c3ccccc3)c3ccccc3)CC2)c1. The summed E-state index contributed by atoms with van der Waals surface area (Å²) in [5, 5.41) is 2.08. The van der Waals surface area contributed by atoms with Gasteiger partial charge in [0.15, 0.2) is 5.78 Å².